The van der Waals surface area contributed by atoms with E-state index in [-0.39, 0.29) is 23.3 Å². The minimum absolute atomic E-state index is 0.0782. The lowest BCUT2D eigenvalue weighted by Crippen LogP contribution is -2.48. The molecule has 0 saturated carbocycles. The average Bonchev–Trinajstić information content (AvgIpc) is 2.89. The number of carbonyl (C=O) groups excluding carboxylic acids is 1. The van der Waals surface area contributed by atoms with E-state index in [1.54, 1.807) is 4.90 Å². The van der Waals surface area contributed by atoms with Crippen LogP contribution in [0.1, 0.15) is 29.8 Å². The third kappa shape index (κ3) is 2.93. The summed E-state index contributed by atoms with van der Waals surface area (Å²) >= 11 is 0. The Morgan fingerprint density at radius 3 is 3.05 bits per heavy atom. The van der Waals surface area contributed by atoms with Crippen molar-refractivity contribution in [2.75, 3.05) is 20.1 Å². The van der Waals surface area contributed by atoms with E-state index in [4.69, 9.17) is 0 Å². The molecule has 19 heavy (non-hydrogen) atoms. The van der Waals surface area contributed by atoms with E-state index in [1.165, 1.54) is 12.3 Å². The zero-order chi connectivity index (χ0) is 13.8. The van der Waals surface area contributed by atoms with Gasteiger partial charge in [-0.3, -0.25) is 14.9 Å². The summed E-state index contributed by atoms with van der Waals surface area (Å²) in [5.74, 6) is -0.159. The van der Waals surface area contributed by atoms with E-state index < -0.39 is 4.92 Å². The third-order valence-corrected chi connectivity index (χ3v) is 3.44. The number of H-pyrrole nitrogens is 1. The van der Waals surface area contributed by atoms with Crippen LogP contribution in [-0.2, 0) is 0 Å². The minimum atomic E-state index is -0.505. The van der Waals surface area contributed by atoms with Crippen molar-refractivity contribution in [1.82, 2.24) is 15.2 Å². The highest BCUT2D eigenvalue weighted by molar-refractivity contribution is 5.93. The first-order chi connectivity index (χ1) is 9.13. The number of aromatic nitrogens is 1. The molecule has 1 atom stereocenters. The third-order valence-electron chi connectivity index (χ3n) is 3.44. The van der Waals surface area contributed by atoms with Crippen molar-refractivity contribution in [3.05, 3.63) is 28.1 Å². The molecule has 1 aromatic rings. The van der Waals surface area contributed by atoms with Gasteiger partial charge in [-0.05, 0) is 26.3 Å². The van der Waals surface area contributed by atoms with Crippen molar-refractivity contribution in [3.8, 4) is 0 Å². The number of hydrogen-bond donors (Lipinski definition) is 2. The molecule has 0 radical (unpaired) electrons. The SMILES string of the molecule is CNCC1CCCCN1C(=O)c1cc([N+](=O)[O-])c[nH]1. The van der Waals surface area contributed by atoms with Crippen LogP contribution in [0.5, 0.6) is 0 Å². The molecule has 1 fully saturated rings. The van der Waals surface area contributed by atoms with E-state index in [0.29, 0.717) is 6.54 Å². The summed E-state index contributed by atoms with van der Waals surface area (Å²) < 4.78 is 0. The number of piperidine rings is 1. The molecule has 1 aliphatic heterocycles. The molecule has 2 heterocycles. The van der Waals surface area contributed by atoms with Crippen LogP contribution in [0.25, 0.3) is 0 Å². The van der Waals surface area contributed by atoms with E-state index in [1.807, 2.05) is 7.05 Å². The number of likely N-dealkylation sites (tertiary alicyclic amines) is 1. The molecule has 1 aliphatic rings. The first kappa shape index (κ1) is 13.5. The second-order valence-electron chi connectivity index (χ2n) is 4.73. The largest absolute Gasteiger partial charge is 0.351 e. The molecule has 0 bridgehead atoms. The van der Waals surface area contributed by atoms with Crippen molar-refractivity contribution >= 4 is 11.6 Å². The zero-order valence-corrected chi connectivity index (χ0v) is 10.9. The molecule has 0 spiro atoms. The van der Waals surface area contributed by atoms with Gasteiger partial charge >= 0.3 is 0 Å². The van der Waals surface area contributed by atoms with Crippen molar-refractivity contribution in [3.63, 3.8) is 0 Å². The van der Waals surface area contributed by atoms with Gasteiger partial charge in [0, 0.05) is 25.2 Å². The number of nitrogens with zero attached hydrogens (tertiary/aromatic N) is 2. The number of nitro groups is 1. The average molecular weight is 266 g/mol. The molecule has 1 amide bonds. The highest BCUT2D eigenvalue weighted by Gasteiger charge is 2.28. The van der Waals surface area contributed by atoms with Crippen molar-refractivity contribution < 1.29 is 9.72 Å². The Bertz CT molecular complexity index is 469. The molecule has 1 saturated heterocycles. The number of amides is 1. The van der Waals surface area contributed by atoms with Crippen LogP contribution in [0.15, 0.2) is 12.3 Å². The summed E-state index contributed by atoms with van der Waals surface area (Å²) in [4.78, 5) is 27.0. The topological polar surface area (TPSA) is 91.3 Å². The van der Waals surface area contributed by atoms with Crippen LogP contribution in [0.2, 0.25) is 0 Å². The lowest BCUT2D eigenvalue weighted by Gasteiger charge is -2.35. The van der Waals surface area contributed by atoms with Gasteiger partial charge in [0.2, 0.25) is 0 Å². The summed E-state index contributed by atoms with van der Waals surface area (Å²) in [6.45, 7) is 1.45. The Labute approximate surface area is 111 Å². The minimum Gasteiger partial charge on any atom is -0.351 e. The van der Waals surface area contributed by atoms with Crippen molar-refractivity contribution in [1.29, 1.82) is 0 Å². The summed E-state index contributed by atoms with van der Waals surface area (Å²) in [6, 6.07) is 1.46. The smallest absolute Gasteiger partial charge is 0.287 e. The fraction of sp³-hybridized carbons (Fsp3) is 0.583. The van der Waals surface area contributed by atoms with E-state index in [2.05, 4.69) is 10.3 Å². The monoisotopic (exact) mass is 266 g/mol. The molecule has 104 valence electrons. The van der Waals surface area contributed by atoms with Crippen LogP contribution in [0, 0.1) is 10.1 Å². The van der Waals surface area contributed by atoms with Gasteiger partial charge in [-0.2, -0.15) is 0 Å². The highest BCUT2D eigenvalue weighted by Crippen LogP contribution is 2.20. The number of likely N-dealkylation sites (N-methyl/N-ethyl adjacent to an activating group) is 1. The number of hydrogen-bond acceptors (Lipinski definition) is 4. The zero-order valence-electron chi connectivity index (χ0n) is 10.9. The molecule has 2 rings (SSSR count). The van der Waals surface area contributed by atoms with Gasteiger partial charge in [-0.25, -0.2) is 0 Å². The lowest BCUT2D eigenvalue weighted by molar-refractivity contribution is -0.384. The van der Waals surface area contributed by atoms with E-state index in [0.717, 1.165) is 25.8 Å². The number of nitrogens with one attached hydrogen (secondary N) is 2. The van der Waals surface area contributed by atoms with Gasteiger partial charge in [0.25, 0.3) is 11.6 Å². The normalized spacial score (nSPS) is 19.4. The molecule has 0 aliphatic carbocycles. The number of aromatic amines is 1. The maximum Gasteiger partial charge on any atom is 0.287 e. The number of carbonyl (C=O) groups is 1. The Morgan fingerprint density at radius 1 is 1.63 bits per heavy atom. The van der Waals surface area contributed by atoms with Crippen LogP contribution >= 0.6 is 0 Å². The van der Waals surface area contributed by atoms with Gasteiger partial charge in [-0.15, -0.1) is 0 Å². The Kier molecular flexibility index (Phi) is 4.16. The van der Waals surface area contributed by atoms with Gasteiger partial charge in [0.05, 0.1) is 11.1 Å². The standard InChI is InChI=1S/C12H18N4O3/c1-13-7-9-4-2-3-5-15(9)12(17)11-6-10(8-14-11)16(18)19/h6,8-9,13-14H,2-5,7H2,1H3. The van der Waals surface area contributed by atoms with Crippen LogP contribution < -0.4 is 5.32 Å². The lowest BCUT2D eigenvalue weighted by atomic mass is 10.0. The molecular formula is C12H18N4O3. The van der Waals surface area contributed by atoms with Crippen LogP contribution in [0.3, 0.4) is 0 Å². The second kappa shape index (κ2) is 5.83. The summed E-state index contributed by atoms with van der Waals surface area (Å²) in [6.07, 6.45) is 4.31. The second-order valence-corrected chi connectivity index (χ2v) is 4.73. The quantitative estimate of drug-likeness (QED) is 0.631. The fourth-order valence-electron chi connectivity index (χ4n) is 2.48. The van der Waals surface area contributed by atoms with Crippen molar-refractivity contribution in [2.24, 2.45) is 0 Å². The summed E-state index contributed by atoms with van der Waals surface area (Å²) in [5, 5.41) is 13.7. The maximum atomic E-state index is 12.4. The molecule has 0 aromatic carbocycles. The Hall–Kier alpha value is -1.89. The van der Waals surface area contributed by atoms with E-state index in [9.17, 15) is 14.9 Å². The maximum absolute atomic E-state index is 12.4. The predicted molar refractivity (Wildman–Crippen MR) is 70.0 cm³/mol. The Balaban J connectivity index is 2.13. The van der Waals surface area contributed by atoms with Gasteiger partial charge in [0.1, 0.15) is 5.69 Å². The van der Waals surface area contributed by atoms with Crippen molar-refractivity contribution in [2.45, 2.75) is 25.3 Å². The highest BCUT2D eigenvalue weighted by atomic mass is 16.6. The summed E-state index contributed by atoms with van der Waals surface area (Å²) in [5.41, 5.74) is 0.209. The molecule has 1 aromatic heterocycles. The van der Waals surface area contributed by atoms with E-state index >= 15 is 0 Å². The molecule has 7 nitrogen and oxygen atoms in total. The molecule has 1 unspecified atom stereocenters. The van der Waals surface area contributed by atoms with Gasteiger partial charge in [0.15, 0.2) is 0 Å². The predicted octanol–water partition coefficient (Wildman–Crippen LogP) is 1.14. The Morgan fingerprint density at radius 2 is 2.42 bits per heavy atom. The first-order valence-corrected chi connectivity index (χ1v) is 6.42. The van der Waals surface area contributed by atoms with Crippen LogP contribution in [-0.4, -0.2) is 46.9 Å². The molecular weight excluding hydrogens is 248 g/mol. The number of rotatable bonds is 4. The first-order valence-electron chi connectivity index (χ1n) is 6.42. The molecule has 7 heteroatoms. The van der Waals surface area contributed by atoms with Gasteiger partial charge < -0.3 is 15.2 Å². The molecule has 2 N–H and O–H groups in total. The van der Waals surface area contributed by atoms with Gasteiger partial charge in [-0.1, -0.05) is 0 Å². The summed E-state index contributed by atoms with van der Waals surface area (Å²) in [7, 11) is 1.86. The fourth-order valence-corrected chi connectivity index (χ4v) is 2.48. The van der Waals surface area contributed by atoms with Crippen LogP contribution in [0.4, 0.5) is 5.69 Å².